The van der Waals surface area contributed by atoms with Crippen LogP contribution < -0.4 is 5.32 Å². The maximum atomic E-state index is 12.3. The highest BCUT2D eigenvalue weighted by molar-refractivity contribution is 5.79. The van der Waals surface area contributed by atoms with Crippen LogP contribution in [-0.4, -0.2) is 84.8 Å². The summed E-state index contributed by atoms with van der Waals surface area (Å²) in [6.45, 7) is 4.98. The molecular formula is C19H27N3O4. The maximum Gasteiger partial charge on any atom is 0.234 e. The molecule has 7 nitrogen and oxygen atoms in total. The molecule has 2 fully saturated rings. The van der Waals surface area contributed by atoms with E-state index in [2.05, 4.69) is 10.2 Å². The number of rotatable bonds is 6. The predicted octanol–water partition coefficient (Wildman–Crippen LogP) is -0.190. The van der Waals surface area contributed by atoms with Crippen LogP contribution in [0.2, 0.25) is 0 Å². The van der Waals surface area contributed by atoms with Crippen LogP contribution in [0, 0.1) is 0 Å². The second-order valence-corrected chi connectivity index (χ2v) is 6.87. The smallest absolute Gasteiger partial charge is 0.234 e. The number of carbonyl (C=O) groups excluding carboxylic acids is 2. The van der Waals surface area contributed by atoms with Crippen molar-refractivity contribution >= 4 is 11.8 Å². The number of aliphatic hydroxyl groups excluding tert-OH is 1. The second kappa shape index (κ2) is 8.62. The Labute approximate surface area is 153 Å². The average molecular weight is 361 g/mol. The summed E-state index contributed by atoms with van der Waals surface area (Å²) in [5.41, 5.74) is 1.08. The number of hydrogen-bond acceptors (Lipinski definition) is 5. The van der Waals surface area contributed by atoms with E-state index in [4.69, 9.17) is 4.74 Å². The molecule has 0 bridgehead atoms. The minimum atomic E-state index is -0.240. The summed E-state index contributed by atoms with van der Waals surface area (Å²) in [4.78, 5) is 28.1. The van der Waals surface area contributed by atoms with Crippen LogP contribution in [0.25, 0.3) is 0 Å². The minimum Gasteiger partial charge on any atom is -0.394 e. The van der Waals surface area contributed by atoms with Gasteiger partial charge in [0.25, 0.3) is 0 Å². The lowest BCUT2D eigenvalue weighted by Crippen LogP contribution is -2.68. The summed E-state index contributed by atoms with van der Waals surface area (Å²) in [6.07, 6.45) is 0. The zero-order valence-electron chi connectivity index (χ0n) is 15.1. The molecule has 2 amide bonds. The van der Waals surface area contributed by atoms with Crippen molar-refractivity contribution in [1.82, 2.24) is 15.1 Å². The van der Waals surface area contributed by atoms with Gasteiger partial charge < -0.3 is 20.1 Å². The van der Waals surface area contributed by atoms with Crippen LogP contribution in [0.5, 0.6) is 0 Å². The van der Waals surface area contributed by atoms with E-state index in [1.807, 2.05) is 30.3 Å². The van der Waals surface area contributed by atoms with Crippen LogP contribution in [-0.2, 0) is 14.3 Å². The molecule has 2 aliphatic heterocycles. The molecule has 3 rings (SSSR count). The standard InChI is InChI=1S/C19H27N3O4/c1-14(24)22-16(11-20-18(25)12-21-7-9-26-10-8-21)19(17(22)13-23)15-5-3-2-4-6-15/h2-6,16-17,19,23H,7-13H2,1H3,(H,20,25)/t16-,17-,19+/m0/s1. The predicted molar refractivity (Wildman–Crippen MR) is 96.6 cm³/mol. The maximum absolute atomic E-state index is 12.3. The van der Waals surface area contributed by atoms with Gasteiger partial charge in [0, 0.05) is 32.5 Å². The molecule has 1 aromatic rings. The van der Waals surface area contributed by atoms with Crippen LogP contribution in [0.4, 0.5) is 0 Å². The third-order valence-electron chi connectivity index (χ3n) is 5.26. The van der Waals surface area contributed by atoms with Gasteiger partial charge in [-0.25, -0.2) is 0 Å². The van der Waals surface area contributed by atoms with E-state index in [9.17, 15) is 14.7 Å². The monoisotopic (exact) mass is 361 g/mol. The molecule has 0 unspecified atom stereocenters. The number of likely N-dealkylation sites (tertiary alicyclic amines) is 1. The van der Waals surface area contributed by atoms with E-state index in [1.165, 1.54) is 6.92 Å². The fraction of sp³-hybridized carbons (Fsp3) is 0.579. The van der Waals surface area contributed by atoms with Crippen molar-refractivity contribution in [3.8, 4) is 0 Å². The fourth-order valence-corrected chi connectivity index (χ4v) is 4.00. The third kappa shape index (κ3) is 4.06. The molecule has 142 valence electrons. The van der Waals surface area contributed by atoms with E-state index in [0.29, 0.717) is 26.3 Å². The number of nitrogens with one attached hydrogen (secondary N) is 1. The van der Waals surface area contributed by atoms with Gasteiger partial charge in [-0.2, -0.15) is 0 Å². The van der Waals surface area contributed by atoms with Gasteiger partial charge in [-0.15, -0.1) is 0 Å². The van der Waals surface area contributed by atoms with Gasteiger partial charge in [0.2, 0.25) is 11.8 Å². The summed E-state index contributed by atoms with van der Waals surface area (Å²) < 4.78 is 5.29. The molecule has 2 N–H and O–H groups in total. The molecule has 0 radical (unpaired) electrons. The van der Waals surface area contributed by atoms with Crippen LogP contribution in [0.1, 0.15) is 18.4 Å². The topological polar surface area (TPSA) is 82.1 Å². The highest BCUT2D eigenvalue weighted by Gasteiger charge is 2.49. The highest BCUT2D eigenvalue weighted by Crippen LogP contribution is 2.40. The van der Waals surface area contributed by atoms with Crippen LogP contribution >= 0.6 is 0 Å². The van der Waals surface area contributed by atoms with E-state index < -0.39 is 0 Å². The van der Waals surface area contributed by atoms with Crippen molar-refractivity contribution in [2.24, 2.45) is 0 Å². The van der Waals surface area contributed by atoms with Gasteiger partial charge in [-0.3, -0.25) is 14.5 Å². The van der Waals surface area contributed by atoms with Gasteiger partial charge >= 0.3 is 0 Å². The first-order valence-electron chi connectivity index (χ1n) is 9.13. The number of amides is 2. The van der Waals surface area contributed by atoms with Crippen molar-refractivity contribution in [2.45, 2.75) is 24.9 Å². The Morgan fingerprint density at radius 3 is 2.50 bits per heavy atom. The van der Waals surface area contributed by atoms with Gasteiger partial charge in [0.1, 0.15) is 0 Å². The zero-order valence-corrected chi connectivity index (χ0v) is 15.1. The Hall–Kier alpha value is -1.96. The number of ether oxygens (including phenoxy) is 1. The molecule has 26 heavy (non-hydrogen) atoms. The molecule has 0 aromatic heterocycles. The lowest BCUT2D eigenvalue weighted by Gasteiger charge is -2.54. The van der Waals surface area contributed by atoms with Gasteiger partial charge in [0.05, 0.1) is 38.4 Å². The number of carbonyl (C=O) groups is 2. The zero-order chi connectivity index (χ0) is 18.5. The molecule has 2 saturated heterocycles. The number of benzene rings is 1. The first kappa shape index (κ1) is 18.8. The lowest BCUT2D eigenvalue weighted by molar-refractivity contribution is -0.148. The summed E-state index contributed by atoms with van der Waals surface area (Å²) in [6, 6.07) is 9.48. The number of nitrogens with zero attached hydrogens (tertiary/aromatic N) is 2. The summed E-state index contributed by atoms with van der Waals surface area (Å²) >= 11 is 0. The summed E-state index contributed by atoms with van der Waals surface area (Å²) in [5, 5.41) is 12.7. The molecule has 1 aromatic carbocycles. The molecule has 7 heteroatoms. The first-order chi connectivity index (χ1) is 12.6. The Bertz CT molecular complexity index is 618. The third-order valence-corrected chi connectivity index (χ3v) is 5.26. The summed E-state index contributed by atoms with van der Waals surface area (Å²) in [5.74, 6) is -0.105. The molecule has 2 aliphatic rings. The Morgan fingerprint density at radius 2 is 1.88 bits per heavy atom. The minimum absolute atomic E-state index is 0.0220. The molecule has 2 heterocycles. The van der Waals surface area contributed by atoms with Crippen molar-refractivity contribution < 1.29 is 19.4 Å². The second-order valence-electron chi connectivity index (χ2n) is 6.87. The fourth-order valence-electron chi connectivity index (χ4n) is 4.00. The molecular weight excluding hydrogens is 334 g/mol. The lowest BCUT2D eigenvalue weighted by atomic mass is 9.75. The summed E-state index contributed by atoms with van der Waals surface area (Å²) in [7, 11) is 0. The van der Waals surface area contributed by atoms with E-state index >= 15 is 0 Å². The normalized spacial score (nSPS) is 26.2. The average Bonchev–Trinajstić information content (AvgIpc) is 2.62. The van der Waals surface area contributed by atoms with Crippen molar-refractivity contribution in [1.29, 1.82) is 0 Å². The van der Waals surface area contributed by atoms with E-state index in [0.717, 1.165) is 18.7 Å². The largest absolute Gasteiger partial charge is 0.394 e. The molecule has 0 aliphatic carbocycles. The number of hydrogen-bond donors (Lipinski definition) is 2. The van der Waals surface area contributed by atoms with Gasteiger partial charge in [0.15, 0.2) is 0 Å². The Morgan fingerprint density at radius 1 is 1.19 bits per heavy atom. The Balaban J connectivity index is 1.62. The van der Waals surface area contributed by atoms with Crippen molar-refractivity contribution in [2.75, 3.05) is 46.0 Å². The van der Waals surface area contributed by atoms with E-state index in [-0.39, 0.29) is 36.4 Å². The molecule has 0 saturated carbocycles. The quantitative estimate of drug-likeness (QED) is 0.734. The highest BCUT2D eigenvalue weighted by atomic mass is 16.5. The van der Waals surface area contributed by atoms with Crippen LogP contribution in [0.15, 0.2) is 30.3 Å². The number of aliphatic hydroxyl groups is 1. The van der Waals surface area contributed by atoms with Crippen molar-refractivity contribution in [3.05, 3.63) is 35.9 Å². The van der Waals surface area contributed by atoms with Crippen LogP contribution in [0.3, 0.4) is 0 Å². The Kier molecular flexibility index (Phi) is 6.24. The first-order valence-corrected chi connectivity index (χ1v) is 9.13. The molecule has 0 spiro atoms. The van der Waals surface area contributed by atoms with E-state index in [1.54, 1.807) is 4.90 Å². The SMILES string of the molecule is CC(=O)N1[C@@H](CO)[C@H](c2ccccc2)[C@@H]1CNC(=O)CN1CCOCC1. The van der Waals surface area contributed by atoms with Gasteiger partial charge in [-0.05, 0) is 5.56 Å². The number of morpholine rings is 1. The van der Waals surface area contributed by atoms with Gasteiger partial charge in [-0.1, -0.05) is 30.3 Å². The molecule has 3 atom stereocenters. The van der Waals surface area contributed by atoms with Crippen molar-refractivity contribution in [3.63, 3.8) is 0 Å².